The summed E-state index contributed by atoms with van der Waals surface area (Å²) in [5.41, 5.74) is 1.44. The summed E-state index contributed by atoms with van der Waals surface area (Å²) in [5.74, 6) is 0.0606. The highest BCUT2D eigenvalue weighted by molar-refractivity contribution is 5.94. The summed E-state index contributed by atoms with van der Waals surface area (Å²) in [6.07, 6.45) is 1.06. The predicted octanol–water partition coefficient (Wildman–Crippen LogP) is 0.595. The number of para-hydroxylation sites is 1. The molecule has 0 bridgehead atoms. The van der Waals surface area contributed by atoms with Crippen molar-refractivity contribution in [2.75, 3.05) is 33.2 Å². The second-order valence-electron chi connectivity index (χ2n) is 5.49. The molecule has 1 amide bonds. The molecule has 0 radical (unpaired) electrons. The fourth-order valence-corrected chi connectivity index (χ4v) is 2.68. The standard InChI is InChI=1S/C16H19N3O/c1-18-9-4-10-19(12-11-18)16(20)15-8-7-13-5-2-3-6-14(13)17-15/h2-3,5-8H,4,9-12H2,1H3/p+1. The van der Waals surface area contributed by atoms with Crippen LogP contribution in [0.2, 0.25) is 0 Å². The number of pyridine rings is 1. The summed E-state index contributed by atoms with van der Waals surface area (Å²) in [6.45, 7) is 3.80. The summed E-state index contributed by atoms with van der Waals surface area (Å²) in [7, 11) is 2.18. The van der Waals surface area contributed by atoms with Crippen LogP contribution in [0, 0.1) is 0 Å². The van der Waals surface area contributed by atoms with Crippen LogP contribution in [-0.4, -0.2) is 49.0 Å². The number of fused-ring (bicyclic) bond motifs is 1. The normalized spacial score (nSPS) is 19.9. The van der Waals surface area contributed by atoms with Gasteiger partial charge in [0.1, 0.15) is 5.69 Å². The minimum Gasteiger partial charge on any atom is -0.336 e. The van der Waals surface area contributed by atoms with Crippen LogP contribution in [-0.2, 0) is 0 Å². The smallest absolute Gasteiger partial charge is 0.272 e. The number of aromatic nitrogens is 1. The Morgan fingerprint density at radius 3 is 2.90 bits per heavy atom. The number of likely N-dealkylation sites (N-methyl/N-ethyl adjacent to an activating group) is 1. The van der Waals surface area contributed by atoms with E-state index < -0.39 is 0 Å². The highest BCUT2D eigenvalue weighted by Crippen LogP contribution is 2.13. The lowest BCUT2D eigenvalue weighted by Gasteiger charge is -2.19. The first-order valence-electron chi connectivity index (χ1n) is 7.20. The van der Waals surface area contributed by atoms with E-state index in [-0.39, 0.29) is 5.91 Å². The Kier molecular flexibility index (Phi) is 3.65. The van der Waals surface area contributed by atoms with Crippen molar-refractivity contribution in [3.8, 4) is 0 Å². The molecular weight excluding hydrogens is 250 g/mol. The zero-order valence-corrected chi connectivity index (χ0v) is 11.8. The van der Waals surface area contributed by atoms with E-state index >= 15 is 0 Å². The van der Waals surface area contributed by atoms with Crippen LogP contribution in [0.25, 0.3) is 10.9 Å². The summed E-state index contributed by atoms with van der Waals surface area (Å²) < 4.78 is 0. The SMILES string of the molecule is C[NH+]1CCCN(C(=O)c2ccc3ccccc3n2)CC1. The average Bonchev–Trinajstić information content (AvgIpc) is 2.71. The molecule has 1 aliphatic heterocycles. The van der Waals surface area contributed by atoms with Gasteiger partial charge in [-0.2, -0.15) is 0 Å². The molecule has 0 spiro atoms. The number of nitrogens with zero attached hydrogens (tertiary/aromatic N) is 2. The van der Waals surface area contributed by atoms with Gasteiger partial charge in [0.25, 0.3) is 5.91 Å². The van der Waals surface area contributed by atoms with Crippen molar-refractivity contribution in [1.82, 2.24) is 9.88 Å². The third-order valence-electron chi connectivity index (χ3n) is 3.94. The topological polar surface area (TPSA) is 37.6 Å². The number of carbonyl (C=O) groups is 1. The Bertz CT molecular complexity index is 626. The predicted molar refractivity (Wildman–Crippen MR) is 78.9 cm³/mol. The van der Waals surface area contributed by atoms with E-state index in [0.29, 0.717) is 5.69 Å². The summed E-state index contributed by atoms with van der Waals surface area (Å²) in [4.78, 5) is 20.5. The Morgan fingerprint density at radius 2 is 2.00 bits per heavy atom. The fraction of sp³-hybridized carbons (Fsp3) is 0.375. The van der Waals surface area contributed by atoms with E-state index in [2.05, 4.69) is 12.0 Å². The molecular formula is C16H20N3O+. The van der Waals surface area contributed by atoms with Crippen molar-refractivity contribution in [2.24, 2.45) is 0 Å². The molecule has 1 saturated heterocycles. The van der Waals surface area contributed by atoms with Gasteiger partial charge in [0.2, 0.25) is 0 Å². The van der Waals surface area contributed by atoms with Crippen LogP contribution in [0.3, 0.4) is 0 Å². The molecule has 1 atom stereocenters. The maximum atomic E-state index is 12.6. The van der Waals surface area contributed by atoms with Crippen molar-refractivity contribution in [3.63, 3.8) is 0 Å². The first-order valence-corrected chi connectivity index (χ1v) is 7.20. The molecule has 1 aromatic heterocycles. The molecule has 1 N–H and O–H groups in total. The molecule has 1 unspecified atom stereocenters. The molecule has 104 valence electrons. The van der Waals surface area contributed by atoms with E-state index in [1.165, 1.54) is 4.90 Å². The molecule has 4 nitrogen and oxygen atoms in total. The monoisotopic (exact) mass is 270 g/mol. The van der Waals surface area contributed by atoms with Gasteiger partial charge >= 0.3 is 0 Å². The van der Waals surface area contributed by atoms with Gasteiger partial charge in [-0.15, -0.1) is 0 Å². The van der Waals surface area contributed by atoms with Crippen molar-refractivity contribution in [1.29, 1.82) is 0 Å². The third kappa shape index (κ3) is 2.65. The maximum Gasteiger partial charge on any atom is 0.272 e. The van der Waals surface area contributed by atoms with E-state index in [1.807, 2.05) is 41.3 Å². The number of benzene rings is 1. The highest BCUT2D eigenvalue weighted by Gasteiger charge is 2.21. The molecule has 1 aromatic carbocycles. The second kappa shape index (κ2) is 5.59. The van der Waals surface area contributed by atoms with E-state index in [0.717, 1.165) is 43.5 Å². The molecule has 2 aromatic rings. The Balaban J connectivity index is 1.84. The number of nitrogens with one attached hydrogen (secondary N) is 1. The van der Waals surface area contributed by atoms with Gasteiger partial charge in [-0.05, 0) is 12.1 Å². The Hall–Kier alpha value is -1.94. The van der Waals surface area contributed by atoms with Crippen LogP contribution < -0.4 is 4.90 Å². The average molecular weight is 270 g/mol. The number of amides is 1. The van der Waals surface area contributed by atoms with Gasteiger partial charge in [-0.3, -0.25) is 4.79 Å². The molecule has 0 aliphatic carbocycles. The number of carbonyl (C=O) groups excluding carboxylic acids is 1. The Labute approximate surface area is 119 Å². The maximum absolute atomic E-state index is 12.6. The molecule has 1 fully saturated rings. The third-order valence-corrected chi connectivity index (χ3v) is 3.94. The van der Waals surface area contributed by atoms with E-state index in [4.69, 9.17) is 0 Å². The quantitative estimate of drug-likeness (QED) is 0.824. The minimum atomic E-state index is 0.0606. The van der Waals surface area contributed by atoms with Gasteiger partial charge in [-0.1, -0.05) is 24.3 Å². The largest absolute Gasteiger partial charge is 0.336 e. The summed E-state index contributed by atoms with van der Waals surface area (Å²) >= 11 is 0. The van der Waals surface area contributed by atoms with Crippen LogP contribution in [0.4, 0.5) is 0 Å². The van der Waals surface area contributed by atoms with Gasteiger partial charge in [-0.25, -0.2) is 4.98 Å². The van der Waals surface area contributed by atoms with Gasteiger partial charge < -0.3 is 9.80 Å². The van der Waals surface area contributed by atoms with Crippen molar-refractivity contribution < 1.29 is 9.69 Å². The van der Waals surface area contributed by atoms with Gasteiger partial charge in [0, 0.05) is 18.4 Å². The van der Waals surface area contributed by atoms with Crippen LogP contribution in [0.15, 0.2) is 36.4 Å². The number of rotatable bonds is 1. The van der Waals surface area contributed by atoms with Crippen LogP contribution in [0.5, 0.6) is 0 Å². The molecule has 4 heteroatoms. The van der Waals surface area contributed by atoms with Gasteiger partial charge in [0.15, 0.2) is 0 Å². The molecule has 20 heavy (non-hydrogen) atoms. The van der Waals surface area contributed by atoms with Crippen molar-refractivity contribution in [3.05, 3.63) is 42.1 Å². The minimum absolute atomic E-state index is 0.0606. The lowest BCUT2D eigenvalue weighted by molar-refractivity contribution is -0.877. The summed E-state index contributed by atoms with van der Waals surface area (Å²) in [5, 5.41) is 1.07. The zero-order chi connectivity index (χ0) is 13.9. The molecule has 3 rings (SSSR count). The molecule has 2 heterocycles. The number of quaternary nitrogens is 1. The second-order valence-corrected chi connectivity index (χ2v) is 5.49. The van der Waals surface area contributed by atoms with Crippen molar-refractivity contribution in [2.45, 2.75) is 6.42 Å². The van der Waals surface area contributed by atoms with E-state index in [9.17, 15) is 4.79 Å². The zero-order valence-electron chi connectivity index (χ0n) is 11.8. The van der Waals surface area contributed by atoms with Crippen LogP contribution in [0.1, 0.15) is 16.9 Å². The fourth-order valence-electron chi connectivity index (χ4n) is 2.68. The van der Waals surface area contributed by atoms with Crippen LogP contribution >= 0.6 is 0 Å². The van der Waals surface area contributed by atoms with Crippen molar-refractivity contribution >= 4 is 16.8 Å². The Morgan fingerprint density at radius 1 is 1.15 bits per heavy atom. The first kappa shape index (κ1) is 13.1. The van der Waals surface area contributed by atoms with E-state index in [1.54, 1.807) is 0 Å². The lowest BCUT2D eigenvalue weighted by Crippen LogP contribution is -3.09. The lowest BCUT2D eigenvalue weighted by atomic mass is 10.2. The highest BCUT2D eigenvalue weighted by atomic mass is 16.2. The van der Waals surface area contributed by atoms with Gasteiger partial charge in [0.05, 0.1) is 32.2 Å². The molecule has 1 aliphatic rings. The first-order chi connectivity index (χ1) is 9.74. The molecule has 0 saturated carbocycles. The summed E-state index contributed by atoms with van der Waals surface area (Å²) in [6, 6.07) is 11.7. The number of hydrogen-bond donors (Lipinski definition) is 1. The number of hydrogen-bond acceptors (Lipinski definition) is 2.